The molecule has 0 bridgehead atoms. The van der Waals surface area contributed by atoms with Crippen LogP contribution in [0.25, 0.3) is 6.08 Å². The maximum atomic E-state index is 12.6. The summed E-state index contributed by atoms with van der Waals surface area (Å²) >= 11 is 4.19. The molecule has 3 rings (SSSR count). The molecule has 0 saturated carbocycles. The first kappa shape index (κ1) is 21.7. The molecule has 0 atom stereocenters. The quantitative estimate of drug-likeness (QED) is 0.484. The molecule has 1 fully saturated rings. The number of thioether (sulfide) groups is 1. The number of ether oxygens (including phenoxy) is 1. The minimum absolute atomic E-state index is 0.140. The van der Waals surface area contributed by atoms with E-state index in [-0.39, 0.29) is 18.1 Å². The zero-order chi connectivity index (χ0) is 21.7. The lowest BCUT2D eigenvalue weighted by Gasteiger charge is -2.12. The van der Waals surface area contributed by atoms with Crippen LogP contribution in [0.4, 0.5) is 10.5 Å². The largest absolute Gasteiger partial charge is 0.480 e. The minimum Gasteiger partial charge on any atom is -0.480 e. The van der Waals surface area contributed by atoms with E-state index in [4.69, 9.17) is 11.2 Å². The number of anilines is 1. The fourth-order valence-corrected chi connectivity index (χ4v) is 3.96. The highest BCUT2D eigenvalue weighted by Crippen LogP contribution is 2.33. The van der Waals surface area contributed by atoms with Gasteiger partial charge in [0.05, 0.1) is 9.38 Å². The van der Waals surface area contributed by atoms with Gasteiger partial charge in [0.2, 0.25) is 5.91 Å². The molecule has 0 radical (unpaired) electrons. The molecule has 6 nitrogen and oxygen atoms in total. The van der Waals surface area contributed by atoms with Crippen LogP contribution in [0.5, 0.6) is 5.75 Å². The summed E-state index contributed by atoms with van der Waals surface area (Å²) in [6.45, 7) is 1.73. The van der Waals surface area contributed by atoms with Gasteiger partial charge in [0.15, 0.2) is 0 Å². The van der Waals surface area contributed by atoms with Crippen molar-refractivity contribution in [1.29, 1.82) is 0 Å². The number of rotatable bonds is 6. The van der Waals surface area contributed by atoms with Crippen LogP contribution in [0.3, 0.4) is 0 Å². The number of amides is 3. The number of hydrogen-bond acceptors (Lipinski definition) is 5. The molecule has 0 unspecified atom stereocenters. The van der Waals surface area contributed by atoms with Crippen LogP contribution in [-0.2, 0) is 9.59 Å². The number of nitrogens with one attached hydrogen (secondary N) is 1. The van der Waals surface area contributed by atoms with Crippen molar-refractivity contribution < 1.29 is 19.1 Å². The number of nitrogens with zero attached hydrogens (tertiary/aromatic N) is 1. The van der Waals surface area contributed by atoms with Gasteiger partial charge in [-0.25, -0.2) is 0 Å². The van der Waals surface area contributed by atoms with Crippen molar-refractivity contribution >= 4 is 56.5 Å². The van der Waals surface area contributed by atoms with E-state index in [1.54, 1.807) is 36.4 Å². The lowest BCUT2D eigenvalue weighted by molar-refractivity contribution is -0.127. The standard InChI is InChI=1S/C22H17BrN2O4S/c1-3-10-29-18-9-6-15(11-17(18)23)12-19-21(27)25(22(28)30-19)13-20(26)24-16-7-4-14(2)5-8-16/h1,4-9,11-12H,10,13H2,2H3,(H,24,26)/b19-12-. The Morgan fingerprint density at radius 1 is 1.27 bits per heavy atom. The number of hydrogen-bond donors (Lipinski definition) is 1. The average molecular weight is 485 g/mol. The molecule has 1 N–H and O–H groups in total. The summed E-state index contributed by atoms with van der Waals surface area (Å²) in [5.74, 6) is 2.01. The SMILES string of the molecule is C#CCOc1ccc(/C=C2\SC(=O)N(CC(=O)Nc3ccc(C)cc3)C2=O)cc1Br. The number of benzene rings is 2. The Morgan fingerprint density at radius 3 is 2.67 bits per heavy atom. The fraction of sp³-hybridized carbons (Fsp3) is 0.136. The van der Waals surface area contributed by atoms with Crippen molar-refractivity contribution in [2.75, 3.05) is 18.5 Å². The summed E-state index contributed by atoms with van der Waals surface area (Å²) in [5.41, 5.74) is 2.36. The van der Waals surface area contributed by atoms with E-state index in [1.165, 1.54) is 0 Å². The molecule has 2 aromatic rings. The van der Waals surface area contributed by atoms with Crippen LogP contribution in [0.1, 0.15) is 11.1 Å². The van der Waals surface area contributed by atoms with E-state index in [9.17, 15) is 14.4 Å². The maximum Gasteiger partial charge on any atom is 0.294 e. The smallest absolute Gasteiger partial charge is 0.294 e. The molecule has 1 aliphatic rings. The van der Waals surface area contributed by atoms with Crippen molar-refractivity contribution in [2.45, 2.75) is 6.92 Å². The molecule has 0 aliphatic carbocycles. The summed E-state index contributed by atoms with van der Waals surface area (Å²) in [6, 6.07) is 12.5. The van der Waals surface area contributed by atoms with Gasteiger partial charge in [-0.3, -0.25) is 19.3 Å². The van der Waals surface area contributed by atoms with E-state index in [2.05, 4.69) is 27.2 Å². The summed E-state index contributed by atoms with van der Waals surface area (Å²) in [6.07, 6.45) is 6.78. The van der Waals surface area contributed by atoms with E-state index >= 15 is 0 Å². The van der Waals surface area contributed by atoms with Crippen molar-refractivity contribution in [3.05, 3.63) is 63.0 Å². The predicted octanol–water partition coefficient (Wildman–Crippen LogP) is 4.44. The van der Waals surface area contributed by atoms with Crippen molar-refractivity contribution in [2.24, 2.45) is 0 Å². The maximum absolute atomic E-state index is 12.6. The van der Waals surface area contributed by atoms with E-state index in [0.29, 0.717) is 21.5 Å². The van der Waals surface area contributed by atoms with Crippen molar-refractivity contribution in [1.82, 2.24) is 4.90 Å². The van der Waals surface area contributed by atoms with Gasteiger partial charge in [-0.2, -0.15) is 0 Å². The first-order chi connectivity index (χ1) is 14.4. The van der Waals surface area contributed by atoms with E-state index in [1.807, 2.05) is 19.1 Å². The number of imide groups is 1. The topological polar surface area (TPSA) is 75.7 Å². The van der Waals surface area contributed by atoms with Crippen LogP contribution in [0.15, 0.2) is 51.8 Å². The summed E-state index contributed by atoms with van der Waals surface area (Å²) < 4.78 is 6.05. The lowest BCUT2D eigenvalue weighted by Crippen LogP contribution is -2.36. The number of carbonyl (C=O) groups is 3. The zero-order valence-electron chi connectivity index (χ0n) is 16.0. The normalized spacial score (nSPS) is 14.7. The highest BCUT2D eigenvalue weighted by molar-refractivity contribution is 9.10. The molecule has 0 spiro atoms. The third kappa shape index (κ3) is 5.32. The van der Waals surface area contributed by atoms with Gasteiger partial charge in [0.25, 0.3) is 11.1 Å². The van der Waals surface area contributed by atoms with E-state index in [0.717, 1.165) is 22.2 Å². The second-order valence-electron chi connectivity index (χ2n) is 6.36. The lowest BCUT2D eigenvalue weighted by atomic mass is 10.2. The Hall–Kier alpha value is -3.02. The Kier molecular flexibility index (Phi) is 6.98. The number of aryl methyl sites for hydroxylation is 1. The monoisotopic (exact) mass is 484 g/mol. The minimum atomic E-state index is -0.507. The molecule has 1 aliphatic heterocycles. The van der Waals surface area contributed by atoms with Crippen molar-refractivity contribution in [3.63, 3.8) is 0 Å². The highest BCUT2D eigenvalue weighted by Gasteiger charge is 2.36. The molecular formula is C22H17BrN2O4S. The van der Waals surface area contributed by atoms with Gasteiger partial charge in [-0.15, -0.1) is 6.42 Å². The van der Waals surface area contributed by atoms with Crippen LogP contribution in [0, 0.1) is 19.3 Å². The molecular weight excluding hydrogens is 468 g/mol. The molecule has 3 amide bonds. The van der Waals surface area contributed by atoms with Gasteiger partial charge in [-0.05, 0) is 70.5 Å². The van der Waals surface area contributed by atoms with Crippen LogP contribution in [-0.4, -0.2) is 35.1 Å². The fourth-order valence-electron chi connectivity index (χ4n) is 2.61. The van der Waals surface area contributed by atoms with Crippen LogP contribution >= 0.6 is 27.7 Å². The summed E-state index contributed by atoms with van der Waals surface area (Å²) in [7, 11) is 0. The predicted molar refractivity (Wildman–Crippen MR) is 121 cm³/mol. The Balaban J connectivity index is 1.68. The molecule has 2 aromatic carbocycles. The van der Waals surface area contributed by atoms with E-state index < -0.39 is 17.1 Å². The Bertz CT molecular complexity index is 1070. The Labute approximate surface area is 186 Å². The molecule has 152 valence electrons. The summed E-state index contributed by atoms with van der Waals surface area (Å²) in [4.78, 5) is 38.3. The van der Waals surface area contributed by atoms with Crippen molar-refractivity contribution in [3.8, 4) is 18.1 Å². The van der Waals surface area contributed by atoms with Crippen LogP contribution in [0.2, 0.25) is 0 Å². The Morgan fingerprint density at radius 2 is 2.00 bits per heavy atom. The second kappa shape index (κ2) is 9.65. The molecule has 8 heteroatoms. The number of terminal acetylenes is 1. The highest BCUT2D eigenvalue weighted by atomic mass is 79.9. The van der Waals surface area contributed by atoms with Crippen LogP contribution < -0.4 is 10.1 Å². The second-order valence-corrected chi connectivity index (χ2v) is 8.21. The van der Waals surface area contributed by atoms with Gasteiger partial charge < -0.3 is 10.1 Å². The number of halogens is 1. The summed E-state index contributed by atoms with van der Waals surface area (Å²) in [5, 5.41) is 2.20. The average Bonchev–Trinajstić information content (AvgIpc) is 2.96. The molecule has 30 heavy (non-hydrogen) atoms. The first-order valence-corrected chi connectivity index (χ1v) is 10.5. The third-order valence-corrected chi connectivity index (χ3v) is 5.60. The van der Waals surface area contributed by atoms with Gasteiger partial charge in [0, 0.05) is 5.69 Å². The van der Waals surface area contributed by atoms with Gasteiger partial charge in [-0.1, -0.05) is 29.7 Å². The first-order valence-electron chi connectivity index (χ1n) is 8.85. The molecule has 1 heterocycles. The third-order valence-electron chi connectivity index (χ3n) is 4.08. The zero-order valence-corrected chi connectivity index (χ0v) is 18.4. The molecule has 1 saturated heterocycles. The van der Waals surface area contributed by atoms with Gasteiger partial charge >= 0.3 is 0 Å². The molecule has 0 aromatic heterocycles. The van der Waals surface area contributed by atoms with Gasteiger partial charge in [0.1, 0.15) is 18.9 Å². The number of carbonyl (C=O) groups excluding carboxylic acids is 3.